The third-order valence-corrected chi connectivity index (χ3v) is 2.16. The van der Waals surface area contributed by atoms with E-state index in [9.17, 15) is 9.59 Å². The van der Waals surface area contributed by atoms with Crippen molar-refractivity contribution in [3.63, 3.8) is 0 Å². The predicted molar refractivity (Wildman–Crippen MR) is 56.7 cm³/mol. The number of hydrogen-bond acceptors (Lipinski definition) is 4. The van der Waals surface area contributed by atoms with Gasteiger partial charge < -0.3 is 15.2 Å². The molecule has 0 aromatic heterocycles. The summed E-state index contributed by atoms with van der Waals surface area (Å²) in [5.41, 5.74) is 0.732. The number of amides is 1. The van der Waals surface area contributed by atoms with E-state index in [0.717, 1.165) is 5.56 Å². The fraction of sp³-hybridized carbons (Fsp3) is 0.273. The van der Waals surface area contributed by atoms with Gasteiger partial charge in [-0.1, -0.05) is 12.1 Å². The Hall–Kier alpha value is -2.04. The van der Waals surface area contributed by atoms with E-state index in [0.29, 0.717) is 6.41 Å². The monoisotopic (exact) mass is 223 g/mol. The summed E-state index contributed by atoms with van der Waals surface area (Å²) in [7, 11) is 1.29. The molecule has 0 aliphatic carbocycles. The number of ether oxygens (including phenoxy) is 1. The molecule has 0 bridgehead atoms. The number of phenolic OH excluding ortho intramolecular Hbond substituents is 1. The maximum absolute atomic E-state index is 11.1. The molecule has 2 N–H and O–H groups in total. The summed E-state index contributed by atoms with van der Waals surface area (Å²) in [6, 6.07) is 5.82. The largest absolute Gasteiger partial charge is 0.508 e. The summed E-state index contributed by atoms with van der Waals surface area (Å²) in [5, 5.41) is 11.6. The van der Waals surface area contributed by atoms with Crippen molar-refractivity contribution in [1.29, 1.82) is 0 Å². The minimum absolute atomic E-state index is 0.0556. The van der Waals surface area contributed by atoms with Crippen molar-refractivity contribution < 1.29 is 19.4 Å². The summed E-state index contributed by atoms with van der Waals surface area (Å²) in [4.78, 5) is 21.5. The Labute approximate surface area is 93.0 Å². The topological polar surface area (TPSA) is 75.6 Å². The highest BCUT2D eigenvalue weighted by atomic mass is 16.5. The maximum atomic E-state index is 11.1. The second kappa shape index (κ2) is 5.75. The molecule has 1 rings (SSSR count). The van der Waals surface area contributed by atoms with Crippen LogP contribution in [0.5, 0.6) is 5.75 Å². The highest BCUT2D eigenvalue weighted by molar-refractivity contribution is 5.70. The van der Waals surface area contributed by atoms with Crippen LogP contribution in [0.15, 0.2) is 24.3 Å². The van der Waals surface area contributed by atoms with Crippen LogP contribution < -0.4 is 5.32 Å². The number of rotatable bonds is 5. The number of phenols is 1. The molecule has 0 saturated heterocycles. The second-order valence-corrected chi connectivity index (χ2v) is 3.21. The first-order chi connectivity index (χ1) is 7.67. The van der Waals surface area contributed by atoms with Crippen LogP contribution in [0, 0.1) is 0 Å². The van der Waals surface area contributed by atoms with Crippen molar-refractivity contribution in [2.45, 2.75) is 12.5 Å². The van der Waals surface area contributed by atoms with Crippen LogP contribution in [0.2, 0.25) is 0 Å². The molecule has 0 radical (unpaired) electrons. The Morgan fingerprint density at radius 1 is 1.50 bits per heavy atom. The number of methoxy groups -OCH3 is 1. The van der Waals surface area contributed by atoms with Gasteiger partial charge in [0.1, 0.15) is 5.75 Å². The molecule has 0 fully saturated rings. The standard InChI is InChI=1S/C11H13NO4/c1-16-11(15)6-10(12-7-13)8-2-4-9(14)5-3-8/h2-5,7,10,14H,6H2,1H3,(H,12,13). The first-order valence-corrected chi connectivity index (χ1v) is 4.72. The van der Waals surface area contributed by atoms with Gasteiger partial charge in [-0.15, -0.1) is 0 Å². The highest BCUT2D eigenvalue weighted by Gasteiger charge is 2.15. The van der Waals surface area contributed by atoms with E-state index < -0.39 is 12.0 Å². The van der Waals surface area contributed by atoms with E-state index >= 15 is 0 Å². The molecule has 0 spiro atoms. The lowest BCUT2D eigenvalue weighted by atomic mass is 10.0. The Morgan fingerprint density at radius 3 is 2.62 bits per heavy atom. The minimum atomic E-state index is -0.439. The van der Waals surface area contributed by atoms with Gasteiger partial charge in [0.2, 0.25) is 6.41 Å². The predicted octanol–water partition coefficient (Wildman–Crippen LogP) is 0.742. The van der Waals surface area contributed by atoms with Gasteiger partial charge in [0.05, 0.1) is 19.6 Å². The zero-order chi connectivity index (χ0) is 12.0. The third-order valence-electron chi connectivity index (χ3n) is 2.16. The fourth-order valence-electron chi connectivity index (χ4n) is 1.31. The van der Waals surface area contributed by atoms with Crippen molar-refractivity contribution in [2.24, 2.45) is 0 Å². The molecular weight excluding hydrogens is 210 g/mol. The number of aromatic hydroxyl groups is 1. The average Bonchev–Trinajstić information content (AvgIpc) is 2.29. The third kappa shape index (κ3) is 3.27. The number of carbonyl (C=O) groups is 2. The van der Waals surface area contributed by atoms with E-state index in [1.165, 1.54) is 19.2 Å². The molecule has 16 heavy (non-hydrogen) atoms. The molecule has 0 aliphatic rings. The van der Waals surface area contributed by atoms with Crippen molar-refractivity contribution in [3.05, 3.63) is 29.8 Å². The number of nitrogens with one attached hydrogen (secondary N) is 1. The average molecular weight is 223 g/mol. The summed E-state index contributed by atoms with van der Waals surface area (Å²) < 4.78 is 4.53. The highest BCUT2D eigenvalue weighted by Crippen LogP contribution is 2.19. The van der Waals surface area contributed by atoms with Crippen molar-refractivity contribution in [2.75, 3.05) is 7.11 Å². The minimum Gasteiger partial charge on any atom is -0.508 e. The van der Waals surface area contributed by atoms with Gasteiger partial charge in [0.25, 0.3) is 0 Å². The molecular formula is C11H13NO4. The van der Waals surface area contributed by atoms with Crippen LogP contribution >= 0.6 is 0 Å². The number of hydrogen-bond donors (Lipinski definition) is 2. The molecule has 86 valence electrons. The van der Waals surface area contributed by atoms with Gasteiger partial charge in [0.15, 0.2) is 0 Å². The smallest absolute Gasteiger partial charge is 0.307 e. The lowest BCUT2D eigenvalue weighted by molar-refractivity contribution is -0.141. The molecule has 1 unspecified atom stereocenters. The number of carbonyl (C=O) groups excluding carboxylic acids is 2. The number of esters is 1. The van der Waals surface area contributed by atoms with E-state index in [-0.39, 0.29) is 12.2 Å². The van der Waals surface area contributed by atoms with Crippen molar-refractivity contribution in [3.8, 4) is 5.75 Å². The van der Waals surface area contributed by atoms with Crippen LogP contribution in [0.1, 0.15) is 18.0 Å². The lowest BCUT2D eigenvalue weighted by Gasteiger charge is -2.15. The van der Waals surface area contributed by atoms with Gasteiger partial charge in [-0.25, -0.2) is 0 Å². The van der Waals surface area contributed by atoms with Crippen LogP contribution in [-0.2, 0) is 14.3 Å². The second-order valence-electron chi connectivity index (χ2n) is 3.21. The zero-order valence-corrected chi connectivity index (χ0v) is 8.84. The van der Waals surface area contributed by atoms with Gasteiger partial charge in [0, 0.05) is 0 Å². The van der Waals surface area contributed by atoms with Gasteiger partial charge in [-0.3, -0.25) is 9.59 Å². The van der Waals surface area contributed by atoms with E-state index in [4.69, 9.17) is 5.11 Å². The molecule has 1 aromatic rings. The normalized spacial score (nSPS) is 11.6. The summed E-state index contributed by atoms with van der Waals surface area (Å²) >= 11 is 0. The molecule has 0 saturated carbocycles. The Morgan fingerprint density at radius 2 is 2.12 bits per heavy atom. The lowest BCUT2D eigenvalue weighted by Crippen LogP contribution is -2.22. The van der Waals surface area contributed by atoms with E-state index in [2.05, 4.69) is 10.1 Å². The molecule has 1 atom stereocenters. The van der Waals surface area contributed by atoms with Crippen LogP contribution in [0.4, 0.5) is 0 Å². The molecule has 1 amide bonds. The molecule has 0 heterocycles. The Bertz CT molecular complexity index is 361. The van der Waals surface area contributed by atoms with Gasteiger partial charge in [-0.05, 0) is 17.7 Å². The summed E-state index contributed by atoms with van der Waals surface area (Å²) in [5.74, 6) is -0.279. The van der Waals surface area contributed by atoms with Crippen LogP contribution in [-0.4, -0.2) is 24.6 Å². The quantitative estimate of drug-likeness (QED) is 0.570. The molecule has 5 nitrogen and oxygen atoms in total. The molecule has 0 aliphatic heterocycles. The SMILES string of the molecule is COC(=O)CC(NC=O)c1ccc(O)cc1. The fourth-order valence-corrected chi connectivity index (χ4v) is 1.31. The van der Waals surface area contributed by atoms with Gasteiger partial charge in [-0.2, -0.15) is 0 Å². The van der Waals surface area contributed by atoms with Crippen LogP contribution in [0.3, 0.4) is 0 Å². The Balaban J connectivity index is 2.80. The van der Waals surface area contributed by atoms with Crippen molar-refractivity contribution in [1.82, 2.24) is 5.32 Å². The summed E-state index contributed by atoms with van der Waals surface area (Å²) in [6.45, 7) is 0. The maximum Gasteiger partial charge on any atom is 0.307 e. The first-order valence-electron chi connectivity index (χ1n) is 4.72. The number of benzene rings is 1. The van der Waals surface area contributed by atoms with E-state index in [1.54, 1.807) is 12.1 Å². The van der Waals surface area contributed by atoms with Gasteiger partial charge >= 0.3 is 5.97 Å². The van der Waals surface area contributed by atoms with E-state index in [1.807, 2.05) is 0 Å². The Kier molecular flexibility index (Phi) is 4.32. The molecule has 5 heteroatoms. The first kappa shape index (κ1) is 12.0. The van der Waals surface area contributed by atoms with Crippen molar-refractivity contribution >= 4 is 12.4 Å². The molecule has 1 aromatic carbocycles. The zero-order valence-electron chi connectivity index (χ0n) is 8.84. The van der Waals surface area contributed by atoms with Crippen LogP contribution in [0.25, 0.3) is 0 Å². The summed E-state index contributed by atoms with van der Waals surface area (Å²) in [6.07, 6.45) is 0.584.